The lowest BCUT2D eigenvalue weighted by atomic mass is 10.1. The van der Waals surface area contributed by atoms with Gasteiger partial charge >= 0.3 is 0 Å². The van der Waals surface area contributed by atoms with Crippen molar-refractivity contribution in [2.24, 2.45) is 5.73 Å². The third-order valence-electron chi connectivity index (χ3n) is 2.75. The highest BCUT2D eigenvalue weighted by Crippen LogP contribution is 2.40. The predicted octanol–water partition coefficient (Wildman–Crippen LogP) is 5.28. The molecule has 19 heavy (non-hydrogen) atoms. The Bertz CT molecular complexity index is 559. The molecule has 2 aromatic rings. The van der Waals surface area contributed by atoms with Crippen LogP contribution in [0.3, 0.4) is 0 Å². The molecule has 0 bridgehead atoms. The summed E-state index contributed by atoms with van der Waals surface area (Å²) >= 11 is 11.5. The van der Waals surface area contributed by atoms with E-state index in [1.165, 1.54) is 4.90 Å². The first-order chi connectivity index (χ1) is 9.08. The number of hydrogen-bond donors (Lipinski definition) is 1. The van der Waals surface area contributed by atoms with Crippen LogP contribution in [0.1, 0.15) is 17.7 Å². The third-order valence-corrected chi connectivity index (χ3v) is 5.05. The van der Waals surface area contributed by atoms with Gasteiger partial charge in [-0.2, -0.15) is 0 Å². The van der Waals surface area contributed by atoms with Gasteiger partial charge in [-0.3, -0.25) is 0 Å². The average Bonchev–Trinajstić information content (AvgIpc) is 2.37. The molecule has 0 radical (unpaired) electrons. The van der Waals surface area contributed by atoms with Crippen LogP contribution in [0, 0.1) is 0 Å². The van der Waals surface area contributed by atoms with E-state index in [9.17, 15) is 0 Å². The molecule has 0 saturated carbocycles. The van der Waals surface area contributed by atoms with Crippen molar-refractivity contribution in [3.63, 3.8) is 0 Å². The smallest absolute Gasteiger partial charge is 0.0507 e. The number of rotatable bonds is 4. The maximum absolute atomic E-state index is 6.28. The number of halogens is 2. The highest BCUT2D eigenvalue weighted by molar-refractivity contribution is 9.10. The van der Waals surface area contributed by atoms with Crippen LogP contribution in [0.5, 0.6) is 0 Å². The zero-order chi connectivity index (χ0) is 13.8. The molecule has 2 rings (SSSR count). The van der Waals surface area contributed by atoms with E-state index in [0.29, 0.717) is 0 Å². The Labute approximate surface area is 131 Å². The first-order valence-electron chi connectivity index (χ1n) is 6.00. The van der Waals surface area contributed by atoms with Gasteiger partial charge in [0.2, 0.25) is 0 Å². The highest BCUT2D eigenvalue weighted by Gasteiger charge is 2.20. The lowest BCUT2D eigenvalue weighted by molar-refractivity contribution is 0.721. The van der Waals surface area contributed by atoms with Crippen LogP contribution in [-0.2, 0) is 0 Å². The van der Waals surface area contributed by atoms with Gasteiger partial charge in [0.1, 0.15) is 0 Å². The van der Waals surface area contributed by atoms with E-state index in [0.717, 1.165) is 15.1 Å². The first-order valence-corrected chi connectivity index (χ1v) is 8.05. The zero-order valence-electron chi connectivity index (χ0n) is 10.5. The molecule has 0 aromatic heterocycles. The molecule has 0 aliphatic carbocycles. The standard InChI is InChI=1S/C15H15BrClNS/c1-10(18)15(13-7-2-3-8-14(13)17)19-12-6-4-5-11(16)9-12/h2-10,15H,18H2,1H3. The second-order valence-electron chi connectivity index (χ2n) is 4.38. The van der Waals surface area contributed by atoms with Gasteiger partial charge in [0.05, 0.1) is 5.25 Å². The van der Waals surface area contributed by atoms with Crippen LogP contribution in [0.25, 0.3) is 0 Å². The van der Waals surface area contributed by atoms with Gasteiger partial charge in [-0.1, -0.05) is 51.8 Å². The molecule has 0 spiro atoms. The molecular formula is C15H15BrClNS. The molecule has 1 nitrogen and oxygen atoms in total. The van der Waals surface area contributed by atoms with Crippen LogP contribution in [-0.4, -0.2) is 6.04 Å². The minimum absolute atomic E-state index is 0.0175. The highest BCUT2D eigenvalue weighted by atomic mass is 79.9. The van der Waals surface area contributed by atoms with Crippen molar-refractivity contribution in [1.29, 1.82) is 0 Å². The summed E-state index contributed by atoms with van der Waals surface area (Å²) in [6, 6.07) is 16.1. The number of hydrogen-bond acceptors (Lipinski definition) is 2. The van der Waals surface area contributed by atoms with Gasteiger partial charge in [-0.25, -0.2) is 0 Å². The third kappa shape index (κ3) is 3.99. The molecule has 0 aliphatic rings. The van der Waals surface area contributed by atoms with Crippen molar-refractivity contribution < 1.29 is 0 Å². The maximum Gasteiger partial charge on any atom is 0.0507 e. The number of thioether (sulfide) groups is 1. The summed E-state index contributed by atoms with van der Waals surface area (Å²) in [5, 5.41) is 0.912. The second kappa shape index (κ2) is 6.80. The molecule has 2 unspecified atom stereocenters. The Morgan fingerprint density at radius 2 is 1.89 bits per heavy atom. The predicted molar refractivity (Wildman–Crippen MR) is 87.8 cm³/mol. The normalized spacial score (nSPS) is 14.1. The maximum atomic E-state index is 6.28. The molecule has 0 aliphatic heterocycles. The van der Waals surface area contributed by atoms with Crippen LogP contribution >= 0.6 is 39.3 Å². The van der Waals surface area contributed by atoms with Gasteiger partial charge < -0.3 is 5.73 Å². The van der Waals surface area contributed by atoms with Crippen molar-refractivity contribution >= 4 is 39.3 Å². The quantitative estimate of drug-likeness (QED) is 0.754. The van der Waals surface area contributed by atoms with E-state index in [4.69, 9.17) is 17.3 Å². The summed E-state index contributed by atoms with van der Waals surface area (Å²) in [7, 11) is 0. The summed E-state index contributed by atoms with van der Waals surface area (Å²) in [4.78, 5) is 1.18. The Balaban J connectivity index is 2.29. The minimum Gasteiger partial charge on any atom is -0.327 e. The Morgan fingerprint density at radius 3 is 2.53 bits per heavy atom. The lowest BCUT2D eigenvalue weighted by Gasteiger charge is -2.22. The molecule has 0 amide bonds. The van der Waals surface area contributed by atoms with Crippen LogP contribution in [0.2, 0.25) is 5.02 Å². The fourth-order valence-electron chi connectivity index (χ4n) is 1.85. The Hall–Kier alpha value is -0.480. The molecule has 100 valence electrons. The Morgan fingerprint density at radius 1 is 1.16 bits per heavy atom. The van der Waals surface area contributed by atoms with Crippen molar-refractivity contribution in [2.45, 2.75) is 23.1 Å². The van der Waals surface area contributed by atoms with Crippen LogP contribution < -0.4 is 5.73 Å². The van der Waals surface area contributed by atoms with E-state index >= 15 is 0 Å². The van der Waals surface area contributed by atoms with E-state index in [1.54, 1.807) is 11.8 Å². The topological polar surface area (TPSA) is 26.0 Å². The lowest BCUT2D eigenvalue weighted by Crippen LogP contribution is -2.22. The minimum atomic E-state index is 0.0175. The Kier molecular flexibility index (Phi) is 5.34. The summed E-state index contributed by atoms with van der Waals surface area (Å²) in [6.07, 6.45) is 0. The van der Waals surface area contributed by atoms with Gasteiger partial charge in [-0.05, 0) is 36.8 Å². The average molecular weight is 357 g/mol. The fourth-order valence-corrected chi connectivity index (χ4v) is 3.91. The molecule has 0 saturated heterocycles. The first kappa shape index (κ1) is 14.9. The molecule has 2 atom stereocenters. The molecule has 2 N–H and O–H groups in total. The molecule has 4 heteroatoms. The molecule has 0 heterocycles. The van der Waals surface area contributed by atoms with Gasteiger partial charge in [-0.15, -0.1) is 11.8 Å². The molecule has 2 aromatic carbocycles. The SMILES string of the molecule is CC(N)C(Sc1cccc(Br)c1)c1ccccc1Cl. The van der Waals surface area contributed by atoms with Crippen molar-refractivity contribution in [2.75, 3.05) is 0 Å². The van der Waals surface area contributed by atoms with Crippen molar-refractivity contribution in [3.8, 4) is 0 Å². The van der Waals surface area contributed by atoms with Crippen LogP contribution in [0.15, 0.2) is 57.9 Å². The molecule has 0 fully saturated rings. The zero-order valence-corrected chi connectivity index (χ0v) is 13.7. The van der Waals surface area contributed by atoms with E-state index < -0.39 is 0 Å². The van der Waals surface area contributed by atoms with E-state index in [2.05, 4.69) is 28.1 Å². The van der Waals surface area contributed by atoms with Crippen molar-refractivity contribution in [3.05, 3.63) is 63.6 Å². The van der Waals surface area contributed by atoms with Gasteiger partial charge in [0.15, 0.2) is 0 Å². The largest absolute Gasteiger partial charge is 0.327 e. The summed E-state index contributed by atoms with van der Waals surface area (Å²) in [5.41, 5.74) is 7.22. The number of benzene rings is 2. The monoisotopic (exact) mass is 355 g/mol. The van der Waals surface area contributed by atoms with Crippen molar-refractivity contribution in [1.82, 2.24) is 0 Å². The van der Waals surface area contributed by atoms with Gasteiger partial charge in [0.25, 0.3) is 0 Å². The van der Waals surface area contributed by atoms with E-state index in [-0.39, 0.29) is 11.3 Å². The molecular weight excluding hydrogens is 342 g/mol. The fraction of sp³-hybridized carbons (Fsp3) is 0.200. The van der Waals surface area contributed by atoms with Gasteiger partial charge in [0, 0.05) is 20.4 Å². The summed E-state index contributed by atoms with van der Waals surface area (Å²) in [6.45, 7) is 2.01. The van der Waals surface area contributed by atoms with E-state index in [1.807, 2.05) is 43.3 Å². The summed E-state index contributed by atoms with van der Waals surface area (Å²) in [5.74, 6) is 0. The summed E-state index contributed by atoms with van der Waals surface area (Å²) < 4.78 is 1.07. The second-order valence-corrected chi connectivity index (χ2v) is 6.91. The number of nitrogens with two attached hydrogens (primary N) is 1. The van der Waals surface area contributed by atoms with Crippen LogP contribution in [0.4, 0.5) is 0 Å².